The maximum atomic E-state index is 11.4. The van der Waals surface area contributed by atoms with Gasteiger partial charge < -0.3 is 5.11 Å². The summed E-state index contributed by atoms with van der Waals surface area (Å²) in [5, 5.41) is 9.39. The summed E-state index contributed by atoms with van der Waals surface area (Å²) in [6.45, 7) is 8.13. The Kier molecular flexibility index (Phi) is 7.06. The van der Waals surface area contributed by atoms with Gasteiger partial charge in [0.25, 0.3) is 0 Å². The number of hydrogen-bond acceptors (Lipinski definition) is 1. The maximum Gasteiger partial charge on any atom is 0.307 e. The monoisotopic (exact) mass is 274 g/mol. The molecular weight excluding hydrogens is 248 g/mol. The Morgan fingerprint density at radius 1 is 1.40 bits per heavy atom. The van der Waals surface area contributed by atoms with Crippen molar-refractivity contribution in [3.05, 3.63) is 48.6 Å². The molecule has 2 atom stereocenters. The van der Waals surface area contributed by atoms with E-state index in [0.29, 0.717) is 12.3 Å². The second-order valence-electron chi connectivity index (χ2n) is 5.61. The van der Waals surface area contributed by atoms with Crippen molar-refractivity contribution in [2.45, 2.75) is 39.5 Å². The fourth-order valence-electron chi connectivity index (χ4n) is 2.38. The van der Waals surface area contributed by atoms with Crippen molar-refractivity contribution in [3.8, 4) is 0 Å². The molecule has 0 heterocycles. The van der Waals surface area contributed by atoms with Crippen LogP contribution in [-0.2, 0) is 4.79 Å². The molecule has 0 aromatic heterocycles. The van der Waals surface area contributed by atoms with E-state index in [1.165, 1.54) is 5.57 Å². The van der Waals surface area contributed by atoms with Crippen molar-refractivity contribution in [1.29, 1.82) is 0 Å². The lowest BCUT2D eigenvalue weighted by molar-refractivity contribution is -0.142. The molecule has 110 valence electrons. The molecule has 20 heavy (non-hydrogen) atoms. The van der Waals surface area contributed by atoms with Gasteiger partial charge in [0.15, 0.2) is 0 Å². The first kappa shape index (κ1) is 16.5. The van der Waals surface area contributed by atoms with Gasteiger partial charge in [-0.05, 0) is 37.2 Å². The van der Waals surface area contributed by atoms with E-state index in [1.807, 2.05) is 12.2 Å². The zero-order valence-corrected chi connectivity index (χ0v) is 12.6. The number of aliphatic carboxylic acids is 1. The predicted molar refractivity (Wildman–Crippen MR) is 84.5 cm³/mol. The van der Waals surface area contributed by atoms with Crippen LogP contribution in [0.25, 0.3) is 0 Å². The van der Waals surface area contributed by atoms with Crippen LogP contribution in [0.5, 0.6) is 0 Å². The van der Waals surface area contributed by atoms with Crippen LogP contribution in [0.1, 0.15) is 39.5 Å². The van der Waals surface area contributed by atoms with Crippen molar-refractivity contribution >= 4 is 5.97 Å². The lowest BCUT2D eigenvalue weighted by Crippen LogP contribution is -2.20. The van der Waals surface area contributed by atoms with Gasteiger partial charge in [-0.25, -0.2) is 0 Å². The summed E-state index contributed by atoms with van der Waals surface area (Å²) in [4.78, 5) is 11.4. The smallest absolute Gasteiger partial charge is 0.307 e. The number of rotatable bonds is 3. The molecule has 0 amide bonds. The second-order valence-corrected chi connectivity index (χ2v) is 5.61. The fraction of sp³-hybridized carbons (Fsp3) is 0.500. The first-order chi connectivity index (χ1) is 9.56. The molecular formula is C18H26O2. The molecule has 0 saturated heterocycles. The minimum Gasteiger partial charge on any atom is -0.481 e. The average molecular weight is 274 g/mol. The highest BCUT2D eigenvalue weighted by atomic mass is 16.4. The Bertz CT molecular complexity index is 413. The third kappa shape index (κ3) is 5.20. The SMILES string of the molecule is C=C[C@H]1/C=C/C(C(C)C)=C/CCC/C=C/C[C@H]1C(=O)O. The Labute approximate surface area is 122 Å². The normalized spacial score (nSPS) is 30.4. The Balaban J connectivity index is 3.03. The Morgan fingerprint density at radius 2 is 2.15 bits per heavy atom. The number of allylic oxidation sites excluding steroid dienone is 7. The maximum absolute atomic E-state index is 11.4. The summed E-state index contributed by atoms with van der Waals surface area (Å²) in [5.41, 5.74) is 1.28. The number of carboxylic acid groups (broad SMARTS) is 1. The van der Waals surface area contributed by atoms with E-state index in [-0.39, 0.29) is 5.92 Å². The van der Waals surface area contributed by atoms with E-state index in [4.69, 9.17) is 0 Å². The van der Waals surface area contributed by atoms with Crippen molar-refractivity contribution in [2.24, 2.45) is 17.8 Å². The van der Waals surface area contributed by atoms with Crippen molar-refractivity contribution in [3.63, 3.8) is 0 Å². The van der Waals surface area contributed by atoms with Crippen LogP contribution in [0.3, 0.4) is 0 Å². The summed E-state index contributed by atoms with van der Waals surface area (Å²) in [5.74, 6) is -0.846. The van der Waals surface area contributed by atoms with E-state index >= 15 is 0 Å². The first-order valence-electron chi connectivity index (χ1n) is 7.45. The summed E-state index contributed by atoms with van der Waals surface area (Å²) in [7, 11) is 0. The molecule has 0 spiro atoms. The van der Waals surface area contributed by atoms with E-state index in [0.717, 1.165) is 19.3 Å². The molecule has 0 bridgehead atoms. The summed E-state index contributed by atoms with van der Waals surface area (Å²) < 4.78 is 0. The van der Waals surface area contributed by atoms with Gasteiger partial charge in [-0.1, -0.05) is 50.3 Å². The van der Waals surface area contributed by atoms with Crippen LogP contribution >= 0.6 is 0 Å². The largest absolute Gasteiger partial charge is 0.481 e. The highest BCUT2D eigenvalue weighted by Gasteiger charge is 2.22. The van der Waals surface area contributed by atoms with Crippen LogP contribution in [0.2, 0.25) is 0 Å². The number of carboxylic acids is 1. The molecule has 0 saturated carbocycles. The third-order valence-electron chi connectivity index (χ3n) is 3.74. The van der Waals surface area contributed by atoms with Gasteiger partial charge in [0.2, 0.25) is 0 Å². The molecule has 0 fully saturated rings. The molecule has 1 aliphatic carbocycles. The van der Waals surface area contributed by atoms with Gasteiger partial charge in [0, 0.05) is 5.92 Å². The zero-order valence-electron chi connectivity index (χ0n) is 12.6. The van der Waals surface area contributed by atoms with Gasteiger partial charge in [-0.2, -0.15) is 0 Å². The van der Waals surface area contributed by atoms with Crippen LogP contribution in [0.4, 0.5) is 0 Å². The van der Waals surface area contributed by atoms with E-state index in [9.17, 15) is 9.90 Å². The van der Waals surface area contributed by atoms with Gasteiger partial charge in [0.1, 0.15) is 0 Å². The molecule has 0 unspecified atom stereocenters. The highest BCUT2D eigenvalue weighted by Crippen LogP contribution is 2.23. The van der Waals surface area contributed by atoms with Crippen LogP contribution in [-0.4, -0.2) is 11.1 Å². The molecule has 0 radical (unpaired) electrons. The topological polar surface area (TPSA) is 37.3 Å². The first-order valence-corrected chi connectivity index (χ1v) is 7.45. The van der Waals surface area contributed by atoms with E-state index in [2.05, 4.69) is 38.7 Å². The molecule has 0 aromatic rings. The Hall–Kier alpha value is -1.57. The van der Waals surface area contributed by atoms with Crippen LogP contribution in [0, 0.1) is 17.8 Å². The minimum absolute atomic E-state index is 0.126. The molecule has 0 aromatic carbocycles. The number of carbonyl (C=O) groups is 1. The molecule has 1 rings (SSSR count). The lowest BCUT2D eigenvalue weighted by Gasteiger charge is -2.17. The summed E-state index contributed by atoms with van der Waals surface area (Å²) in [6, 6.07) is 0. The standard InChI is InChI=1S/C18H26O2/c1-4-15-12-13-16(14(2)3)10-8-6-5-7-9-11-17(15)18(19)20/h4,7,9-10,12-15,17H,1,5-6,8,11H2,2-3H3,(H,19,20)/b9-7+,13-12+,16-10-/t15-,17+/m0/s1. The quantitative estimate of drug-likeness (QED) is 0.753. The predicted octanol–water partition coefficient (Wildman–Crippen LogP) is 4.76. The molecule has 1 N–H and O–H groups in total. The molecule has 2 nitrogen and oxygen atoms in total. The van der Waals surface area contributed by atoms with Crippen LogP contribution < -0.4 is 0 Å². The van der Waals surface area contributed by atoms with Crippen molar-refractivity contribution in [1.82, 2.24) is 0 Å². The summed E-state index contributed by atoms with van der Waals surface area (Å²) in [6.07, 6.45) is 16.0. The fourth-order valence-corrected chi connectivity index (χ4v) is 2.38. The molecule has 0 aliphatic heterocycles. The molecule has 2 heteroatoms. The highest BCUT2D eigenvalue weighted by molar-refractivity contribution is 5.71. The minimum atomic E-state index is -0.753. The summed E-state index contributed by atoms with van der Waals surface area (Å²) >= 11 is 0. The second kappa shape index (κ2) is 8.57. The third-order valence-corrected chi connectivity index (χ3v) is 3.74. The number of hydrogen-bond donors (Lipinski definition) is 1. The van der Waals surface area contributed by atoms with Gasteiger partial charge in [-0.3, -0.25) is 4.79 Å². The van der Waals surface area contributed by atoms with Gasteiger partial charge in [-0.15, -0.1) is 6.58 Å². The Morgan fingerprint density at radius 3 is 2.75 bits per heavy atom. The van der Waals surface area contributed by atoms with E-state index in [1.54, 1.807) is 6.08 Å². The molecule has 1 aliphatic rings. The van der Waals surface area contributed by atoms with Crippen LogP contribution in [0.15, 0.2) is 48.6 Å². The van der Waals surface area contributed by atoms with Gasteiger partial charge >= 0.3 is 5.97 Å². The van der Waals surface area contributed by atoms with Crippen molar-refractivity contribution < 1.29 is 9.90 Å². The lowest BCUT2D eigenvalue weighted by atomic mass is 9.87. The van der Waals surface area contributed by atoms with E-state index < -0.39 is 11.9 Å². The average Bonchev–Trinajstić information content (AvgIpc) is 2.38. The zero-order chi connectivity index (χ0) is 15.0. The van der Waals surface area contributed by atoms with Gasteiger partial charge in [0.05, 0.1) is 5.92 Å². The van der Waals surface area contributed by atoms with Crippen molar-refractivity contribution in [2.75, 3.05) is 0 Å².